The van der Waals surface area contributed by atoms with E-state index >= 15 is 0 Å². The molecule has 1 aromatic heterocycles. The molecule has 0 unspecified atom stereocenters. The van der Waals surface area contributed by atoms with Crippen LogP contribution < -0.4 is 5.32 Å². The summed E-state index contributed by atoms with van der Waals surface area (Å²) in [5.74, 6) is 0.696. The maximum atomic E-state index is 5.91. The first kappa shape index (κ1) is 13.6. The summed E-state index contributed by atoms with van der Waals surface area (Å²) in [5, 5.41) is 6.57. The van der Waals surface area contributed by atoms with E-state index in [-0.39, 0.29) is 0 Å². The fourth-order valence-electron chi connectivity index (χ4n) is 2.48. The van der Waals surface area contributed by atoms with Crippen molar-refractivity contribution in [1.82, 2.24) is 5.32 Å². The van der Waals surface area contributed by atoms with Gasteiger partial charge in [0.15, 0.2) is 0 Å². The maximum absolute atomic E-state index is 5.91. The Morgan fingerprint density at radius 3 is 2.58 bits per heavy atom. The quantitative estimate of drug-likeness (QED) is 0.794. The monoisotopic (exact) mass is 355 g/mol. The lowest BCUT2D eigenvalue weighted by atomic mass is 9.76. The van der Waals surface area contributed by atoms with Crippen LogP contribution in [0.5, 0.6) is 0 Å². The van der Waals surface area contributed by atoms with Crippen LogP contribution in [0.2, 0.25) is 5.02 Å². The van der Waals surface area contributed by atoms with Crippen molar-refractivity contribution in [1.29, 1.82) is 0 Å². The fourth-order valence-corrected chi connectivity index (χ4v) is 4.05. The van der Waals surface area contributed by atoms with Crippen LogP contribution in [0.4, 0.5) is 0 Å². The Kier molecular flexibility index (Phi) is 4.27. The molecule has 0 radical (unpaired) electrons. The van der Waals surface area contributed by atoms with Gasteiger partial charge in [-0.05, 0) is 63.8 Å². The summed E-state index contributed by atoms with van der Waals surface area (Å²) in [4.78, 5) is 1.38. The third-order valence-electron chi connectivity index (χ3n) is 3.72. The van der Waals surface area contributed by atoms with Gasteiger partial charge in [0.1, 0.15) is 0 Å². The normalized spacial score (nSPS) is 22.2. The molecule has 1 fully saturated rings. The number of hydrogen-bond donors (Lipinski definition) is 1. The van der Waals surface area contributed by atoms with Crippen molar-refractivity contribution in [2.24, 2.45) is 0 Å². The number of hydrogen-bond acceptors (Lipinski definition) is 2. The molecule has 3 rings (SSSR count). The van der Waals surface area contributed by atoms with E-state index in [1.165, 1.54) is 27.8 Å². The van der Waals surface area contributed by atoms with Gasteiger partial charge < -0.3 is 5.32 Å². The predicted octanol–water partition coefficient (Wildman–Crippen LogP) is 5.20. The summed E-state index contributed by atoms with van der Waals surface area (Å²) >= 11 is 11.3. The molecule has 0 spiro atoms. The SMILES string of the molecule is Clc1ccc(C2CC(NCc3sccc3Br)C2)cc1. The van der Waals surface area contributed by atoms with E-state index in [2.05, 4.69) is 44.8 Å². The van der Waals surface area contributed by atoms with Gasteiger partial charge in [0.2, 0.25) is 0 Å². The predicted molar refractivity (Wildman–Crippen MR) is 86.1 cm³/mol. The van der Waals surface area contributed by atoms with Crippen LogP contribution in [0.15, 0.2) is 40.2 Å². The Morgan fingerprint density at radius 1 is 1.21 bits per heavy atom. The van der Waals surface area contributed by atoms with Crippen LogP contribution in [0.1, 0.15) is 29.2 Å². The van der Waals surface area contributed by atoms with E-state index in [1.807, 2.05) is 12.1 Å². The zero-order valence-corrected chi connectivity index (χ0v) is 13.6. The van der Waals surface area contributed by atoms with E-state index < -0.39 is 0 Å². The van der Waals surface area contributed by atoms with E-state index in [9.17, 15) is 0 Å². The van der Waals surface area contributed by atoms with Crippen molar-refractivity contribution < 1.29 is 0 Å². The zero-order chi connectivity index (χ0) is 13.2. The average molecular weight is 357 g/mol. The topological polar surface area (TPSA) is 12.0 Å². The van der Waals surface area contributed by atoms with Gasteiger partial charge in [0.25, 0.3) is 0 Å². The molecule has 0 amide bonds. The standard InChI is InChI=1S/C15H15BrClNS/c16-14-5-6-19-15(14)9-18-13-7-11(8-13)10-1-3-12(17)4-2-10/h1-6,11,13,18H,7-9H2. The highest BCUT2D eigenvalue weighted by molar-refractivity contribution is 9.10. The highest BCUT2D eigenvalue weighted by Crippen LogP contribution is 2.37. The molecule has 0 saturated heterocycles. The molecule has 0 atom stereocenters. The van der Waals surface area contributed by atoms with Gasteiger partial charge in [-0.25, -0.2) is 0 Å². The molecule has 1 aromatic carbocycles. The Hall–Kier alpha value is -0.350. The Labute approximate surface area is 131 Å². The minimum atomic E-state index is 0.648. The molecule has 2 aromatic rings. The van der Waals surface area contributed by atoms with Crippen LogP contribution >= 0.6 is 38.9 Å². The smallest absolute Gasteiger partial charge is 0.0406 e. The van der Waals surface area contributed by atoms with Crippen molar-refractivity contribution in [3.05, 3.63) is 55.6 Å². The fraction of sp³-hybridized carbons (Fsp3) is 0.333. The minimum absolute atomic E-state index is 0.648. The van der Waals surface area contributed by atoms with E-state index in [0.717, 1.165) is 11.6 Å². The maximum Gasteiger partial charge on any atom is 0.0406 e. The van der Waals surface area contributed by atoms with E-state index in [4.69, 9.17) is 11.6 Å². The molecule has 1 saturated carbocycles. The first-order chi connectivity index (χ1) is 9.22. The Bertz CT molecular complexity index is 546. The minimum Gasteiger partial charge on any atom is -0.309 e. The van der Waals surface area contributed by atoms with Crippen LogP contribution in [0.3, 0.4) is 0 Å². The Balaban J connectivity index is 1.48. The number of thiophene rings is 1. The molecule has 19 heavy (non-hydrogen) atoms. The van der Waals surface area contributed by atoms with Crippen LogP contribution in [0, 0.1) is 0 Å². The molecule has 1 N–H and O–H groups in total. The van der Waals surface area contributed by atoms with Crippen molar-refractivity contribution >= 4 is 38.9 Å². The molecule has 100 valence electrons. The second-order valence-electron chi connectivity index (χ2n) is 4.99. The summed E-state index contributed by atoms with van der Waals surface area (Å²) in [6.07, 6.45) is 2.45. The molecule has 1 heterocycles. The van der Waals surface area contributed by atoms with Gasteiger partial charge in [-0.1, -0.05) is 23.7 Å². The summed E-state index contributed by atoms with van der Waals surface area (Å²) in [5.41, 5.74) is 1.42. The van der Waals surface area contributed by atoms with Crippen molar-refractivity contribution in [2.45, 2.75) is 31.3 Å². The van der Waals surface area contributed by atoms with Crippen molar-refractivity contribution in [2.75, 3.05) is 0 Å². The molecule has 0 aliphatic heterocycles. The van der Waals surface area contributed by atoms with Crippen molar-refractivity contribution in [3.63, 3.8) is 0 Å². The van der Waals surface area contributed by atoms with E-state index in [0.29, 0.717) is 12.0 Å². The highest BCUT2D eigenvalue weighted by atomic mass is 79.9. The lowest BCUT2D eigenvalue weighted by Gasteiger charge is -2.36. The molecule has 1 aliphatic rings. The van der Waals surface area contributed by atoms with Gasteiger partial charge in [-0.3, -0.25) is 0 Å². The highest BCUT2D eigenvalue weighted by Gasteiger charge is 2.29. The summed E-state index contributed by atoms with van der Waals surface area (Å²) in [6, 6.07) is 11.0. The number of nitrogens with one attached hydrogen (secondary N) is 1. The van der Waals surface area contributed by atoms with Gasteiger partial charge >= 0.3 is 0 Å². The van der Waals surface area contributed by atoms with Gasteiger partial charge in [-0.2, -0.15) is 0 Å². The number of rotatable bonds is 4. The molecule has 0 bridgehead atoms. The van der Waals surface area contributed by atoms with Crippen LogP contribution in [-0.4, -0.2) is 6.04 Å². The third kappa shape index (κ3) is 3.22. The zero-order valence-electron chi connectivity index (χ0n) is 10.4. The van der Waals surface area contributed by atoms with Crippen LogP contribution in [-0.2, 0) is 6.54 Å². The second-order valence-corrected chi connectivity index (χ2v) is 7.28. The van der Waals surface area contributed by atoms with Gasteiger partial charge in [-0.15, -0.1) is 11.3 Å². The van der Waals surface area contributed by atoms with E-state index in [1.54, 1.807) is 11.3 Å². The van der Waals surface area contributed by atoms with Gasteiger partial charge in [0.05, 0.1) is 0 Å². The van der Waals surface area contributed by atoms with Crippen molar-refractivity contribution in [3.8, 4) is 0 Å². The largest absolute Gasteiger partial charge is 0.309 e. The molecular formula is C15H15BrClNS. The first-order valence-electron chi connectivity index (χ1n) is 6.43. The molecule has 1 aliphatic carbocycles. The average Bonchev–Trinajstić information content (AvgIpc) is 2.75. The lowest BCUT2D eigenvalue weighted by Crippen LogP contribution is -2.39. The van der Waals surface area contributed by atoms with Gasteiger partial charge in [0, 0.05) is 27.0 Å². The number of benzene rings is 1. The molecule has 1 nitrogen and oxygen atoms in total. The molecular weight excluding hydrogens is 342 g/mol. The summed E-state index contributed by atoms with van der Waals surface area (Å²) < 4.78 is 1.22. The summed E-state index contributed by atoms with van der Waals surface area (Å²) in [6.45, 7) is 0.969. The summed E-state index contributed by atoms with van der Waals surface area (Å²) in [7, 11) is 0. The lowest BCUT2D eigenvalue weighted by molar-refractivity contribution is 0.290. The first-order valence-corrected chi connectivity index (χ1v) is 8.48. The van der Waals surface area contributed by atoms with Crippen LogP contribution in [0.25, 0.3) is 0 Å². The number of halogens is 2. The Morgan fingerprint density at radius 2 is 1.95 bits per heavy atom. The molecule has 4 heteroatoms. The second kappa shape index (κ2) is 5.96. The third-order valence-corrected chi connectivity index (χ3v) is 5.90.